The standard InChI is InChI=1S/C20H30O6/c1-6-11(2)18(22)26-16-10-20(5,24)8-7-14(21)12(3)9-15-17(16)13(4)19(23)25-15/h9,11,14-17,21,24H,4,6-8,10H2,1-3,5H3. The molecule has 0 saturated carbocycles. The van der Waals surface area contributed by atoms with Gasteiger partial charge in [0.25, 0.3) is 0 Å². The number of rotatable bonds is 3. The van der Waals surface area contributed by atoms with E-state index in [1.165, 1.54) is 0 Å². The second-order valence-electron chi connectivity index (χ2n) is 7.87. The van der Waals surface area contributed by atoms with E-state index in [1.54, 1.807) is 26.8 Å². The maximum atomic E-state index is 12.4. The topological polar surface area (TPSA) is 93.1 Å². The second kappa shape index (κ2) is 7.92. The van der Waals surface area contributed by atoms with E-state index in [9.17, 15) is 19.8 Å². The molecule has 0 spiro atoms. The summed E-state index contributed by atoms with van der Waals surface area (Å²) in [5, 5.41) is 21.0. The number of carbonyl (C=O) groups excluding carboxylic acids is 2. The molecule has 1 fully saturated rings. The van der Waals surface area contributed by atoms with Crippen molar-refractivity contribution in [1.82, 2.24) is 0 Å². The summed E-state index contributed by atoms with van der Waals surface area (Å²) in [6, 6.07) is 0. The molecule has 6 atom stereocenters. The van der Waals surface area contributed by atoms with Crippen molar-refractivity contribution in [2.75, 3.05) is 0 Å². The molecule has 146 valence electrons. The second-order valence-corrected chi connectivity index (χ2v) is 7.87. The molecule has 0 aromatic rings. The lowest BCUT2D eigenvalue weighted by Crippen LogP contribution is -2.41. The zero-order chi connectivity index (χ0) is 19.6. The molecule has 0 aromatic heterocycles. The summed E-state index contributed by atoms with van der Waals surface area (Å²) in [6.07, 6.45) is 1.07. The lowest BCUT2D eigenvalue weighted by molar-refractivity contribution is -0.160. The van der Waals surface area contributed by atoms with Gasteiger partial charge in [-0.2, -0.15) is 0 Å². The Morgan fingerprint density at radius 3 is 2.81 bits per heavy atom. The van der Waals surface area contributed by atoms with Gasteiger partial charge in [0.1, 0.15) is 12.2 Å². The van der Waals surface area contributed by atoms with Gasteiger partial charge < -0.3 is 19.7 Å². The maximum absolute atomic E-state index is 12.4. The van der Waals surface area contributed by atoms with Gasteiger partial charge in [0, 0.05) is 12.0 Å². The molecular formula is C20H30O6. The first kappa shape index (κ1) is 20.6. The third kappa shape index (κ3) is 4.54. The lowest BCUT2D eigenvalue weighted by Gasteiger charge is -2.34. The zero-order valence-corrected chi connectivity index (χ0v) is 16.0. The van der Waals surface area contributed by atoms with Crippen LogP contribution in [0.25, 0.3) is 0 Å². The Morgan fingerprint density at radius 2 is 2.19 bits per heavy atom. The summed E-state index contributed by atoms with van der Waals surface area (Å²) in [5.41, 5.74) is -0.269. The van der Waals surface area contributed by atoms with Crippen LogP contribution in [0.15, 0.2) is 23.8 Å². The Morgan fingerprint density at radius 1 is 1.54 bits per heavy atom. The number of esters is 2. The lowest BCUT2D eigenvalue weighted by atomic mass is 9.80. The number of hydrogen-bond donors (Lipinski definition) is 2. The van der Waals surface area contributed by atoms with E-state index in [0.29, 0.717) is 24.8 Å². The number of hydrogen-bond acceptors (Lipinski definition) is 6. The van der Waals surface area contributed by atoms with E-state index >= 15 is 0 Å². The first-order valence-electron chi connectivity index (χ1n) is 9.24. The van der Waals surface area contributed by atoms with Crippen LogP contribution in [-0.2, 0) is 19.1 Å². The van der Waals surface area contributed by atoms with Crippen LogP contribution in [0.1, 0.15) is 53.4 Å². The predicted octanol–water partition coefficient (Wildman–Crippen LogP) is 2.28. The fraction of sp³-hybridized carbons (Fsp3) is 0.700. The fourth-order valence-electron chi connectivity index (χ4n) is 3.44. The average Bonchev–Trinajstić information content (AvgIpc) is 2.84. The minimum atomic E-state index is -1.16. The van der Waals surface area contributed by atoms with E-state index in [-0.39, 0.29) is 23.9 Å². The summed E-state index contributed by atoms with van der Waals surface area (Å²) in [7, 11) is 0. The average molecular weight is 366 g/mol. The van der Waals surface area contributed by atoms with Gasteiger partial charge in [-0.15, -0.1) is 0 Å². The van der Waals surface area contributed by atoms with Crippen LogP contribution >= 0.6 is 0 Å². The van der Waals surface area contributed by atoms with Crippen molar-refractivity contribution in [2.24, 2.45) is 11.8 Å². The molecular weight excluding hydrogens is 336 g/mol. The zero-order valence-electron chi connectivity index (χ0n) is 16.0. The Balaban J connectivity index is 2.42. The summed E-state index contributed by atoms with van der Waals surface area (Å²) in [4.78, 5) is 24.5. The van der Waals surface area contributed by atoms with Crippen molar-refractivity contribution in [3.05, 3.63) is 23.8 Å². The first-order valence-corrected chi connectivity index (χ1v) is 9.24. The van der Waals surface area contributed by atoms with E-state index in [1.807, 2.05) is 6.92 Å². The molecule has 0 bridgehead atoms. The largest absolute Gasteiger partial charge is 0.461 e. The van der Waals surface area contributed by atoms with Gasteiger partial charge in [-0.05, 0) is 44.8 Å². The summed E-state index contributed by atoms with van der Waals surface area (Å²) in [5.74, 6) is -1.76. The van der Waals surface area contributed by atoms with Crippen molar-refractivity contribution in [3.63, 3.8) is 0 Å². The predicted molar refractivity (Wildman–Crippen MR) is 96.1 cm³/mol. The highest BCUT2D eigenvalue weighted by molar-refractivity contribution is 5.91. The number of ether oxygens (including phenoxy) is 2. The van der Waals surface area contributed by atoms with Crippen LogP contribution in [0.2, 0.25) is 0 Å². The van der Waals surface area contributed by atoms with Crippen molar-refractivity contribution >= 4 is 11.9 Å². The third-order valence-corrected chi connectivity index (χ3v) is 5.49. The summed E-state index contributed by atoms with van der Waals surface area (Å²) >= 11 is 0. The minimum Gasteiger partial charge on any atom is -0.461 e. The van der Waals surface area contributed by atoms with Crippen LogP contribution in [0.4, 0.5) is 0 Å². The summed E-state index contributed by atoms with van der Waals surface area (Å²) < 4.78 is 11.1. The van der Waals surface area contributed by atoms with Gasteiger partial charge in [-0.25, -0.2) is 4.79 Å². The normalized spacial score (nSPS) is 36.6. The number of carbonyl (C=O) groups is 2. The molecule has 2 rings (SSSR count). The third-order valence-electron chi connectivity index (χ3n) is 5.49. The van der Waals surface area contributed by atoms with Crippen LogP contribution < -0.4 is 0 Å². The highest BCUT2D eigenvalue weighted by Crippen LogP contribution is 2.38. The molecule has 1 saturated heterocycles. The Hall–Kier alpha value is -1.66. The van der Waals surface area contributed by atoms with Gasteiger partial charge >= 0.3 is 11.9 Å². The molecule has 2 N–H and O–H groups in total. The molecule has 1 aliphatic heterocycles. The highest BCUT2D eigenvalue weighted by Gasteiger charge is 2.47. The molecule has 0 radical (unpaired) electrons. The van der Waals surface area contributed by atoms with Crippen LogP contribution in [0.3, 0.4) is 0 Å². The van der Waals surface area contributed by atoms with Crippen molar-refractivity contribution in [2.45, 2.75) is 77.3 Å². The van der Waals surface area contributed by atoms with Gasteiger partial charge in [0.05, 0.1) is 23.5 Å². The van der Waals surface area contributed by atoms with Crippen molar-refractivity contribution in [1.29, 1.82) is 0 Å². The fourth-order valence-corrected chi connectivity index (χ4v) is 3.44. The quantitative estimate of drug-likeness (QED) is 0.452. The molecule has 6 nitrogen and oxygen atoms in total. The van der Waals surface area contributed by atoms with E-state index < -0.39 is 35.8 Å². The minimum absolute atomic E-state index is 0.144. The molecule has 6 heteroatoms. The number of aliphatic hydroxyl groups is 2. The van der Waals surface area contributed by atoms with Gasteiger partial charge in [-0.1, -0.05) is 20.4 Å². The molecule has 1 aliphatic carbocycles. The smallest absolute Gasteiger partial charge is 0.334 e. The number of fused-ring (bicyclic) bond motifs is 1. The van der Waals surface area contributed by atoms with Gasteiger partial charge in [0.15, 0.2) is 0 Å². The molecule has 1 heterocycles. The maximum Gasteiger partial charge on any atom is 0.334 e. The monoisotopic (exact) mass is 366 g/mol. The van der Waals surface area contributed by atoms with Crippen LogP contribution in [-0.4, -0.2) is 46.1 Å². The van der Waals surface area contributed by atoms with Gasteiger partial charge in [-0.3, -0.25) is 4.79 Å². The molecule has 0 aromatic carbocycles. The van der Waals surface area contributed by atoms with Crippen LogP contribution in [0.5, 0.6) is 0 Å². The van der Waals surface area contributed by atoms with E-state index in [2.05, 4.69) is 6.58 Å². The van der Waals surface area contributed by atoms with Crippen molar-refractivity contribution < 1.29 is 29.3 Å². The Bertz CT molecular complexity index is 605. The van der Waals surface area contributed by atoms with Gasteiger partial charge in [0.2, 0.25) is 0 Å². The molecule has 2 aliphatic rings. The number of aliphatic hydroxyl groups excluding tert-OH is 1. The van der Waals surface area contributed by atoms with E-state index in [4.69, 9.17) is 9.47 Å². The van der Waals surface area contributed by atoms with E-state index in [0.717, 1.165) is 0 Å². The molecule has 6 unspecified atom stereocenters. The summed E-state index contributed by atoms with van der Waals surface area (Å²) in [6.45, 7) is 10.9. The van der Waals surface area contributed by atoms with Crippen LogP contribution in [0, 0.1) is 11.8 Å². The first-order chi connectivity index (χ1) is 12.1. The molecule has 0 amide bonds. The Labute approximate surface area is 154 Å². The SMILES string of the molecule is C=C1C(=O)OC2C=C(C)C(O)CCC(C)(O)CC(OC(=O)C(C)CC)C12. The Kier molecular flexibility index (Phi) is 6.29. The highest BCUT2D eigenvalue weighted by atomic mass is 16.6. The van der Waals surface area contributed by atoms with Crippen molar-refractivity contribution in [3.8, 4) is 0 Å². The molecule has 26 heavy (non-hydrogen) atoms.